The SMILES string of the molecule is CCOC(=O)C1CCN(c2nc3ccccc3n3c(=O)n(CC(=O)N4CCCCC4)nc23)CC1. The van der Waals surface area contributed by atoms with Gasteiger partial charge in [0.05, 0.1) is 23.6 Å². The Kier molecular flexibility index (Phi) is 6.21. The quantitative estimate of drug-likeness (QED) is 0.529. The number of ether oxygens (including phenoxy) is 1. The Labute approximate surface area is 197 Å². The van der Waals surface area contributed by atoms with E-state index in [-0.39, 0.29) is 30.0 Å². The fourth-order valence-corrected chi connectivity index (χ4v) is 4.96. The van der Waals surface area contributed by atoms with Gasteiger partial charge < -0.3 is 14.5 Å². The third-order valence-corrected chi connectivity index (χ3v) is 6.80. The summed E-state index contributed by atoms with van der Waals surface area (Å²) in [6, 6.07) is 7.45. The standard InChI is InChI=1S/C24H30N6O4/c1-2-34-23(32)17-10-14-28(15-11-17)21-22-26-29(16-20(31)27-12-6-3-7-13-27)24(33)30(22)19-9-5-4-8-18(19)25-21/h4-5,8-9,17H,2-3,6-7,10-16H2,1H3. The first-order valence-corrected chi connectivity index (χ1v) is 12.1. The van der Waals surface area contributed by atoms with Crippen LogP contribution in [0.4, 0.5) is 5.82 Å². The van der Waals surface area contributed by atoms with E-state index in [2.05, 4.69) is 10.00 Å². The zero-order chi connectivity index (χ0) is 23.7. The van der Waals surface area contributed by atoms with Gasteiger partial charge in [-0.05, 0) is 51.2 Å². The van der Waals surface area contributed by atoms with Gasteiger partial charge in [-0.25, -0.2) is 18.9 Å². The van der Waals surface area contributed by atoms with Crippen LogP contribution in [-0.4, -0.2) is 68.7 Å². The molecule has 3 aromatic rings. The molecule has 0 bridgehead atoms. The summed E-state index contributed by atoms with van der Waals surface area (Å²) in [4.78, 5) is 47.1. The number of hydrogen-bond donors (Lipinski definition) is 0. The molecule has 1 amide bonds. The molecule has 0 atom stereocenters. The molecule has 0 N–H and O–H groups in total. The largest absolute Gasteiger partial charge is 0.466 e. The Bertz CT molecular complexity index is 1270. The minimum atomic E-state index is -0.346. The van der Waals surface area contributed by atoms with Gasteiger partial charge in [0.2, 0.25) is 11.6 Å². The first kappa shape index (κ1) is 22.4. The predicted molar refractivity (Wildman–Crippen MR) is 127 cm³/mol. The minimum absolute atomic E-state index is 0.0840. The number of para-hydroxylation sites is 2. The van der Waals surface area contributed by atoms with Crippen LogP contribution in [0.25, 0.3) is 16.7 Å². The fourth-order valence-electron chi connectivity index (χ4n) is 4.96. The van der Waals surface area contributed by atoms with Crippen molar-refractivity contribution in [2.75, 3.05) is 37.7 Å². The van der Waals surface area contributed by atoms with Crippen molar-refractivity contribution >= 4 is 34.4 Å². The second kappa shape index (κ2) is 9.44. The van der Waals surface area contributed by atoms with Crippen molar-refractivity contribution in [2.24, 2.45) is 5.92 Å². The van der Waals surface area contributed by atoms with E-state index in [1.165, 1.54) is 4.68 Å². The number of nitrogens with zero attached hydrogens (tertiary/aromatic N) is 6. The van der Waals surface area contributed by atoms with Gasteiger partial charge in [-0.3, -0.25) is 9.59 Å². The summed E-state index contributed by atoms with van der Waals surface area (Å²) in [5.41, 5.74) is 1.43. The van der Waals surface area contributed by atoms with Gasteiger partial charge in [0, 0.05) is 26.2 Å². The molecule has 2 saturated heterocycles. The number of carbonyl (C=O) groups is 2. The van der Waals surface area contributed by atoms with Gasteiger partial charge in [-0.2, -0.15) is 0 Å². The first-order chi connectivity index (χ1) is 16.6. The molecule has 34 heavy (non-hydrogen) atoms. The van der Waals surface area contributed by atoms with Crippen LogP contribution < -0.4 is 10.6 Å². The second-order valence-electron chi connectivity index (χ2n) is 8.98. The molecule has 0 radical (unpaired) electrons. The maximum Gasteiger partial charge on any atom is 0.351 e. The van der Waals surface area contributed by atoms with E-state index in [4.69, 9.17) is 9.72 Å². The van der Waals surface area contributed by atoms with Crippen LogP contribution >= 0.6 is 0 Å². The van der Waals surface area contributed by atoms with E-state index in [0.29, 0.717) is 55.0 Å². The number of likely N-dealkylation sites (tertiary alicyclic amines) is 1. The lowest BCUT2D eigenvalue weighted by Crippen LogP contribution is -2.39. The van der Waals surface area contributed by atoms with E-state index < -0.39 is 0 Å². The average molecular weight is 467 g/mol. The zero-order valence-corrected chi connectivity index (χ0v) is 19.5. The molecule has 2 fully saturated rings. The summed E-state index contributed by atoms with van der Waals surface area (Å²) in [7, 11) is 0. The molecule has 5 rings (SSSR count). The number of anilines is 1. The van der Waals surface area contributed by atoms with Crippen LogP contribution in [0.2, 0.25) is 0 Å². The molecule has 0 unspecified atom stereocenters. The normalized spacial score (nSPS) is 17.4. The molecular formula is C24H30N6O4. The number of amides is 1. The lowest BCUT2D eigenvalue weighted by molar-refractivity contribution is -0.148. The van der Waals surface area contributed by atoms with Crippen molar-refractivity contribution in [2.45, 2.75) is 45.6 Å². The van der Waals surface area contributed by atoms with Crippen LogP contribution in [0.5, 0.6) is 0 Å². The second-order valence-corrected chi connectivity index (χ2v) is 8.98. The van der Waals surface area contributed by atoms with Crippen LogP contribution in [0.3, 0.4) is 0 Å². The van der Waals surface area contributed by atoms with E-state index in [1.54, 1.807) is 4.40 Å². The molecule has 10 heteroatoms. The van der Waals surface area contributed by atoms with E-state index in [0.717, 1.165) is 32.4 Å². The van der Waals surface area contributed by atoms with Gasteiger partial charge >= 0.3 is 11.7 Å². The summed E-state index contributed by atoms with van der Waals surface area (Å²) >= 11 is 0. The fraction of sp³-hybridized carbons (Fsp3) is 0.542. The Balaban J connectivity index is 1.49. The highest BCUT2D eigenvalue weighted by Gasteiger charge is 2.29. The Morgan fingerprint density at radius 1 is 1.06 bits per heavy atom. The summed E-state index contributed by atoms with van der Waals surface area (Å²) in [6.45, 7) is 4.78. The number of carbonyl (C=O) groups excluding carboxylic acids is 2. The Morgan fingerprint density at radius 2 is 1.79 bits per heavy atom. The highest BCUT2D eigenvalue weighted by Crippen LogP contribution is 2.27. The summed E-state index contributed by atoms with van der Waals surface area (Å²) in [6.07, 6.45) is 4.42. The molecular weight excluding hydrogens is 436 g/mol. The number of benzene rings is 1. The van der Waals surface area contributed by atoms with Crippen LogP contribution in [0.15, 0.2) is 29.1 Å². The summed E-state index contributed by atoms with van der Waals surface area (Å²) < 4.78 is 8.00. The van der Waals surface area contributed by atoms with E-state index >= 15 is 0 Å². The summed E-state index contributed by atoms with van der Waals surface area (Å²) in [5, 5.41) is 4.58. The molecule has 180 valence electrons. The van der Waals surface area contributed by atoms with Crippen LogP contribution in [-0.2, 0) is 20.9 Å². The van der Waals surface area contributed by atoms with Gasteiger partial charge in [0.25, 0.3) is 0 Å². The smallest absolute Gasteiger partial charge is 0.351 e. The number of esters is 1. The van der Waals surface area contributed by atoms with E-state index in [9.17, 15) is 14.4 Å². The molecule has 2 aromatic heterocycles. The topological polar surface area (TPSA) is 102 Å². The number of rotatable bonds is 5. The lowest BCUT2D eigenvalue weighted by atomic mass is 9.97. The van der Waals surface area contributed by atoms with Gasteiger partial charge in [0.1, 0.15) is 6.54 Å². The van der Waals surface area contributed by atoms with Crippen molar-refractivity contribution in [3.8, 4) is 0 Å². The number of fused-ring (bicyclic) bond motifs is 3. The monoisotopic (exact) mass is 466 g/mol. The molecule has 2 aliphatic heterocycles. The molecule has 0 spiro atoms. The molecule has 1 aromatic carbocycles. The Morgan fingerprint density at radius 3 is 2.53 bits per heavy atom. The van der Waals surface area contributed by atoms with Crippen molar-refractivity contribution < 1.29 is 14.3 Å². The van der Waals surface area contributed by atoms with Crippen molar-refractivity contribution in [1.29, 1.82) is 0 Å². The Hall–Kier alpha value is -3.43. The highest BCUT2D eigenvalue weighted by atomic mass is 16.5. The third-order valence-electron chi connectivity index (χ3n) is 6.80. The number of aromatic nitrogens is 4. The van der Waals surface area contributed by atoms with Crippen molar-refractivity contribution in [3.05, 3.63) is 34.7 Å². The molecule has 2 aliphatic rings. The van der Waals surface area contributed by atoms with Crippen LogP contribution in [0, 0.1) is 5.92 Å². The molecule has 10 nitrogen and oxygen atoms in total. The highest BCUT2D eigenvalue weighted by molar-refractivity contribution is 5.83. The molecule has 0 saturated carbocycles. The maximum absolute atomic E-state index is 13.4. The first-order valence-electron chi connectivity index (χ1n) is 12.1. The number of hydrogen-bond acceptors (Lipinski definition) is 7. The summed E-state index contributed by atoms with van der Waals surface area (Å²) in [5.74, 6) is 0.228. The van der Waals surface area contributed by atoms with Gasteiger partial charge in [-0.1, -0.05) is 12.1 Å². The zero-order valence-electron chi connectivity index (χ0n) is 19.5. The predicted octanol–water partition coefficient (Wildman–Crippen LogP) is 1.84. The van der Waals surface area contributed by atoms with Crippen LogP contribution in [0.1, 0.15) is 39.0 Å². The third kappa shape index (κ3) is 4.12. The van der Waals surface area contributed by atoms with Gasteiger partial charge in [-0.15, -0.1) is 5.10 Å². The average Bonchev–Trinajstić information content (AvgIpc) is 3.20. The van der Waals surface area contributed by atoms with Crippen molar-refractivity contribution in [3.63, 3.8) is 0 Å². The van der Waals surface area contributed by atoms with Gasteiger partial charge in [0.15, 0.2) is 5.82 Å². The molecule has 4 heterocycles. The maximum atomic E-state index is 13.4. The lowest BCUT2D eigenvalue weighted by Gasteiger charge is -2.31. The van der Waals surface area contributed by atoms with E-state index in [1.807, 2.05) is 36.1 Å². The molecule has 0 aliphatic carbocycles. The van der Waals surface area contributed by atoms with Crippen molar-refractivity contribution in [1.82, 2.24) is 24.1 Å². The number of piperidine rings is 2. The minimum Gasteiger partial charge on any atom is -0.466 e.